The fourth-order valence-corrected chi connectivity index (χ4v) is 5.12. The number of esters is 1. The highest BCUT2D eigenvalue weighted by molar-refractivity contribution is 5.89. The van der Waals surface area contributed by atoms with Crippen LogP contribution in [0, 0.1) is 5.92 Å². The van der Waals surface area contributed by atoms with Crippen molar-refractivity contribution >= 4 is 28.6 Å². The molecule has 0 saturated carbocycles. The number of benzene rings is 4. The molecule has 5 rings (SSSR count). The van der Waals surface area contributed by atoms with E-state index in [0.717, 1.165) is 21.9 Å². The molecule has 41 heavy (non-hydrogen) atoms. The maximum atomic E-state index is 13.9. The third-order valence-corrected chi connectivity index (χ3v) is 7.35. The van der Waals surface area contributed by atoms with Gasteiger partial charge in [-0.3, -0.25) is 14.4 Å². The molecule has 0 radical (unpaired) electrons. The van der Waals surface area contributed by atoms with Gasteiger partial charge >= 0.3 is 5.97 Å². The molecule has 4 aromatic rings. The predicted molar refractivity (Wildman–Crippen MR) is 157 cm³/mol. The Kier molecular flexibility index (Phi) is 9.39. The topological polar surface area (TPSA) is 84.9 Å². The summed E-state index contributed by atoms with van der Waals surface area (Å²) in [6.07, 6.45) is -0.862. The van der Waals surface area contributed by atoms with Gasteiger partial charge in [0.25, 0.3) is 5.91 Å². The zero-order chi connectivity index (χ0) is 28.4. The number of carbonyl (C=O) groups excluding carboxylic acids is 3. The first kappa shape index (κ1) is 28.1. The van der Waals surface area contributed by atoms with Crippen molar-refractivity contribution in [2.24, 2.45) is 5.92 Å². The summed E-state index contributed by atoms with van der Waals surface area (Å²) in [5.74, 6) is -1.90. The lowest BCUT2D eigenvalue weighted by Crippen LogP contribution is -2.42. The number of hydrogen-bond donors (Lipinski definition) is 1. The van der Waals surface area contributed by atoms with Gasteiger partial charge in [-0.05, 0) is 28.3 Å². The highest BCUT2D eigenvalue weighted by Gasteiger charge is 2.32. The summed E-state index contributed by atoms with van der Waals surface area (Å²) < 4.78 is 11.4. The lowest BCUT2D eigenvalue weighted by atomic mass is 9.92. The average molecular weight is 551 g/mol. The van der Waals surface area contributed by atoms with Crippen LogP contribution in [0.5, 0.6) is 0 Å². The SMILES string of the molecule is O=C(O[C@@H](C(=O)NCc1ccccc1)c1ccccc1)[C@@H](CC(=O)N1CCOCC1)Cc1cccc2ccccc12. The van der Waals surface area contributed by atoms with Crippen LogP contribution in [0.25, 0.3) is 10.8 Å². The van der Waals surface area contributed by atoms with E-state index in [9.17, 15) is 14.4 Å². The van der Waals surface area contributed by atoms with Gasteiger partial charge in [-0.2, -0.15) is 0 Å². The van der Waals surface area contributed by atoms with Crippen LogP contribution in [0.3, 0.4) is 0 Å². The molecule has 0 aromatic heterocycles. The smallest absolute Gasteiger partial charge is 0.310 e. The average Bonchev–Trinajstić information content (AvgIpc) is 3.03. The molecule has 7 heteroatoms. The third-order valence-electron chi connectivity index (χ3n) is 7.35. The summed E-state index contributed by atoms with van der Waals surface area (Å²) >= 11 is 0. The fourth-order valence-electron chi connectivity index (χ4n) is 5.12. The minimum atomic E-state index is -1.15. The monoisotopic (exact) mass is 550 g/mol. The van der Waals surface area contributed by atoms with Gasteiger partial charge < -0.3 is 19.7 Å². The molecule has 2 atom stereocenters. The maximum Gasteiger partial charge on any atom is 0.310 e. The van der Waals surface area contributed by atoms with Gasteiger partial charge in [0.1, 0.15) is 0 Å². The van der Waals surface area contributed by atoms with E-state index in [-0.39, 0.29) is 12.3 Å². The molecule has 1 N–H and O–H groups in total. The fraction of sp³-hybridized carbons (Fsp3) is 0.265. The summed E-state index contributed by atoms with van der Waals surface area (Å²) in [6.45, 7) is 2.23. The molecule has 1 heterocycles. The molecule has 4 aromatic carbocycles. The highest BCUT2D eigenvalue weighted by atomic mass is 16.5. The number of carbonyl (C=O) groups is 3. The highest BCUT2D eigenvalue weighted by Crippen LogP contribution is 2.26. The number of amides is 2. The molecule has 1 fully saturated rings. The van der Waals surface area contributed by atoms with E-state index >= 15 is 0 Å². The molecule has 0 bridgehead atoms. The van der Waals surface area contributed by atoms with Crippen LogP contribution in [0.2, 0.25) is 0 Å². The van der Waals surface area contributed by atoms with Crippen LogP contribution in [-0.4, -0.2) is 49.0 Å². The summed E-state index contributed by atoms with van der Waals surface area (Å²) in [5.41, 5.74) is 2.45. The lowest BCUT2D eigenvalue weighted by molar-refractivity contribution is -0.162. The van der Waals surface area contributed by atoms with E-state index in [4.69, 9.17) is 9.47 Å². The van der Waals surface area contributed by atoms with Gasteiger partial charge in [0, 0.05) is 31.6 Å². The molecule has 2 amide bonds. The first-order valence-corrected chi connectivity index (χ1v) is 14.0. The minimum absolute atomic E-state index is 0.0187. The van der Waals surface area contributed by atoms with Crippen molar-refractivity contribution in [2.45, 2.75) is 25.5 Å². The Morgan fingerprint density at radius 1 is 0.805 bits per heavy atom. The Balaban J connectivity index is 1.39. The summed E-state index contributed by atoms with van der Waals surface area (Å²) in [7, 11) is 0. The van der Waals surface area contributed by atoms with Gasteiger partial charge in [0.15, 0.2) is 0 Å². The first-order valence-electron chi connectivity index (χ1n) is 14.0. The quantitative estimate of drug-likeness (QED) is 0.286. The van der Waals surface area contributed by atoms with Crippen LogP contribution >= 0.6 is 0 Å². The second-order valence-corrected chi connectivity index (χ2v) is 10.2. The Hall–Kier alpha value is -4.49. The van der Waals surface area contributed by atoms with Crippen LogP contribution in [0.1, 0.15) is 29.2 Å². The molecule has 210 valence electrons. The number of rotatable bonds is 10. The van der Waals surface area contributed by atoms with Crippen molar-refractivity contribution in [3.05, 3.63) is 120 Å². The van der Waals surface area contributed by atoms with Gasteiger partial charge in [-0.1, -0.05) is 103 Å². The first-order chi connectivity index (χ1) is 20.1. The number of nitrogens with zero attached hydrogens (tertiary/aromatic N) is 1. The normalized spacial score (nSPS) is 14.7. The van der Waals surface area contributed by atoms with Gasteiger partial charge in [0.05, 0.1) is 19.1 Å². The minimum Gasteiger partial charge on any atom is -0.447 e. The molecule has 7 nitrogen and oxygen atoms in total. The van der Waals surface area contributed by atoms with Crippen molar-refractivity contribution in [1.82, 2.24) is 10.2 Å². The molecular weight excluding hydrogens is 516 g/mol. The largest absolute Gasteiger partial charge is 0.447 e. The van der Waals surface area contributed by atoms with E-state index in [1.807, 2.05) is 78.9 Å². The van der Waals surface area contributed by atoms with E-state index in [0.29, 0.717) is 44.8 Å². The van der Waals surface area contributed by atoms with Crippen molar-refractivity contribution < 1.29 is 23.9 Å². The molecule has 0 unspecified atom stereocenters. The number of hydrogen-bond acceptors (Lipinski definition) is 5. The number of fused-ring (bicyclic) bond motifs is 1. The van der Waals surface area contributed by atoms with Crippen molar-refractivity contribution in [3.8, 4) is 0 Å². The molecular formula is C34H34N2O5. The Labute approximate surface area is 240 Å². The molecule has 0 aliphatic carbocycles. The van der Waals surface area contributed by atoms with E-state index in [1.54, 1.807) is 29.2 Å². The second-order valence-electron chi connectivity index (χ2n) is 10.2. The van der Waals surface area contributed by atoms with E-state index < -0.39 is 23.9 Å². The zero-order valence-electron chi connectivity index (χ0n) is 22.9. The Morgan fingerprint density at radius 3 is 2.22 bits per heavy atom. The van der Waals surface area contributed by atoms with E-state index in [2.05, 4.69) is 5.32 Å². The van der Waals surface area contributed by atoms with Crippen molar-refractivity contribution in [1.29, 1.82) is 0 Å². The number of ether oxygens (including phenoxy) is 2. The molecule has 1 aliphatic heterocycles. The second kappa shape index (κ2) is 13.7. The molecule has 1 aliphatic rings. The zero-order valence-corrected chi connectivity index (χ0v) is 22.9. The van der Waals surface area contributed by atoms with Crippen LogP contribution < -0.4 is 5.32 Å². The van der Waals surface area contributed by atoms with Crippen molar-refractivity contribution in [3.63, 3.8) is 0 Å². The van der Waals surface area contributed by atoms with Crippen molar-refractivity contribution in [2.75, 3.05) is 26.3 Å². The number of nitrogens with one attached hydrogen (secondary N) is 1. The summed E-state index contributed by atoms with van der Waals surface area (Å²) in [4.78, 5) is 42.3. The van der Waals surface area contributed by atoms with Crippen LogP contribution in [0.4, 0.5) is 0 Å². The maximum absolute atomic E-state index is 13.9. The molecule has 0 spiro atoms. The van der Waals surface area contributed by atoms with Crippen LogP contribution in [0.15, 0.2) is 103 Å². The summed E-state index contributed by atoms with van der Waals surface area (Å²) in [6, 6.07) is 32.4. The predicted octanol–water partition coefficient (Wildman–Crippen LogP) is 4.85. The lowest BCUT2D eigenvalue weighted by Gasteiger charge is -2.29. The Bertz CT molecular complexity index is 1460. The summed E-state index contributed by atoms with van der Waals surface area (Å²) in [5, 5.41) is 4.98. The van der Waals surface area contributed by atoms with Gasteiger partial charge in [0.2, 0.25) is 12.0 Å². The third kappa shape index (κ3) is 7.38. The van der Waals surface area contributed by atoms with Crippen LogP contribution in [-0.2, 0) is 36.8 Å². The molecule has 1 saturated heterocycles. The number of morpholine rings is 1. The Morgan fingerprint density at radius 2 is 1.46 bits per heavy atom. The van der Waals surface area contributed by atoms with Gasteiger partial charge in [-0.25, -0.2) is 0 Å². The van der Waals surface area contributed by atoms with E-state index in [1.165, 1.54) is 0 Å². The standard InChI is InChI=1S/C34H34N2O5/c37-31(36-18-20-40-21-19-36)23-29(22-28-16-9-15-26-12-7-8-17-30(26)28)34(39)41-32(27-13-5-2-6-14-27)33(38)35-24-25-10-3-1-4-11-25/h1-17,29,32H,18-24H2,(H,35,38)/t29-,32-/m1/s1. The van der Waals surface area contributed by atoms with Gasteiger partial charge in [-0.15, -0.1) is 0 Å².